The van der Waals surface area contributed by atoms with E-state index in [1.54, 1.807) is 0 Å². The van der Waals surface area contributed by atoms with Gasteiger partial charge in [0.25, 0.3) is 0 Å². The molecule has 0 aliphatic carbocycles. The monoisotopic (exact) mass is 923 g/mol. The summed E-state index contributed by atoms with van der Waals surface area (Å²) in [5.74, 6) is 0. The van der Waals surface area contributed by atoms with Crippen LogP contribution in [-0.2, 0) is 0 Å². The molecule has 0 radical (unpaired) electrons. The molecule has 0 amide bonds. The van der Waals surface area contributed by atoms with Gasteiger partial charge < -0.3 is 13.7 Å². The summed E-state index contributed by atoms with van der Waals surface area (Å²) >= 11 is 0. The molecule has 0 saturated heterocycles. The first-order chi connectivity index (χ1) is 35.2. The van der Waals surface area contributed by atoms with Crippen molar-refractivity contribution in [1.82, 2.24) is 13.7 Å². The minimum Gasteiger partial charge on any atom is -0.309 e. The zero-order valence-electron chi connectivity index (χ0n) is 39.5. The summed E-state index contributed by atoms with van der Waals surface area (Å²) in [5.41, 5.74) is 14.0. The molecule has 4 heteroatoms. The molecule has 10 aromatic carbocycles. The fraction of sp³-hybridized carbons (Fsp3) is 0.0149. The number of benzene rings is 10. The van der Waals surface area contributed by atoms with Crippen molar-refractivity contribution < 1.29 is 0 Å². The Kier molecular flexibility index (Phi) is 10.2. The van der Waals surface area contributed by atoms with E-state index in [9.17, 15) is 0 Å². The van der Waals surface area contributed by atoms with Gasteiger partial charge >= 0.3 is 0 Å². The van der Waals surface area contributed by atoms with Crippen molar-refractivity contribution in [2.24, 2.45) is 0 Å². The van der Waals surface area contributed by atoms with Gasteiger partial charge in [-0.3, -0.25) is 0 Å². The van der Waals surface area contributed by atoms with Gasteiger partial charge in [-0.05, 0) is 118 Å². The van der Waals surface area contributed by atoms with Crippen LogP contribution in [0.2, 0.25) is 0 Å². The summed E-state index contributed by atoms with van der Waals surface area (Å²) in [5, 5.41) is 11.6. The number of allylic oxidation sites excluding steroid dienone is 1. The molecule has 0 fully saturated rings. The standard InChI is InChI=1S/C67H49N3Si/c1-3-21-60-56(4-2)59-46-48(36-43-63(59)68(60)49-22-9-5-10-23-49)47-34-39-54(40-35-47)71(52-26-13-7-14-27-52,53-28-15-8-16-29-53)55-41-37-51(38-42-55)70-62-33-20-18-31-58(62)67-65(70)45-44-64-66(67)57-30-17-19-32-61(57)69(64)50-24-11-6-12-25-50/h3-46H,2H2,1H3/b21-3-. The largest absolute Gasteiger partial charge is 0.309 e. The van der Waals surface area contributed by atoms with Crippen LogP contribution in [0.1, 0.15) is 18.2 Å². The van der Waals surface area contributed by atoms with Crippen molar-refractivity contribution in [2.45, 2.75) is 6.92 Å². The lowest BCUT2D eigenvalue weighted by Crippen LogP contribution is -2.74. The maximum Gasteiger partial charge on any atom is 0.179 e. The molecule has 0 aliphatic rings. The highest BCUT2D eigenvalue weighted by Gasteiger charge is 2.41. The predicted octanol–water partition coefficient (Wildman–Crippen LogP) is 14.5. The first-order valence-electron chi connectivity index (χ1n) is 24.5. The first kappa shape index (κ1) is 42.2. The Labute approximate surface area is 414 Å². The van der Waals surface area contributed by atoms with Crippen LogP contribution >= 0.6 is 0 Å². The van der Waals surface area contributed by atoms with Crippen molar-refractivity contribution in [3.05, 3.63) is 273 Å². The fourth-order valence-electron chi connectivity index (χ4n) is 11.7. The second kappa shape index (κ2) is 17.2. The van der Waals surface area contributed by atoms with Crippen LogP contribution < -0.4 is 20.7 Å². The number of fused-ring (bicyclic) bond motifs is 8. The van der Waals surface area contributed by atoms with E-state index >= 15 is 0 Å². The van der Waals surface area contributed by atoms with Gasteiger partial charge in [-0.1, -0.05) is 195 Å². The Balaban J connectivity index is 0.972. The van der Waals surface area contributed by atoms with E-state index in [1.807, 2.05) is 6.08 Å². The van der Waals surface area contributed by atoms with Gasteiger partial charge in [0.05, 0.1) is 33.3 Å². The lowest BCUT2D eigenvalue weighted by atomic mass is 10.0. The highest BCUT2D eigenvalue weighted by atomic mass is 28.3. The molecule has 0 spiro atoms. The molecule has 13 rings (SSSR count). The van der Waals surface area contributed by atoms with Crippen LogP contribution in [0.4, 0.5) is 0 Å². The third kappa shape index (κ3) is 6.56. The molecule has 0 aliphatic heterocycles. The van der Waals surface area contributed by atoms with E-state index < -0.39 is 8.07 Å². The van der Waals surface area contributed by atoms with Gasteiger partial charge in [-0.2, -0.15) is 0 Å². The van der Waals surface area contributed by atoms with Crippen molar-refractivity contribution in [3.8, 4) is 28.2 Å². The molecule has 0 bridgehead atoms. The van der Waals surface area contributed by atoms with E-state index in [-0.39, 0.29) is 0 Å². The van der Waals surface area contributed by atoms with E-state index in [1.165, 1.54) is 80.9 Å². The Morgan fingerprint density at radius 2 is 0.746 bits per heavy atom. The zero-order chi connectivity index (χ0) is 47.5. The third-order valence-electron chi connectivity index (χ3n) is 14.7. The van der Waals surface area contributed by atoms with E-state index in [4.69, 9.17) is 0 Å². The van der Waals surface area contributed by atoms with Gasteiger partial charge in [0.2, 0.25) is 0 Å². The van der Waals surface area contributed by atoms with E-state index in [2.05, 4.69) is 288 Å². The average molecular weight is 924 g/mol. The Hall–Kier alpha value is -8.96. The molecule has 0 saturated carbocycles. The smallest absolute Gasteiger partial charge is 0.179 e. The number of hydrogen-bond donors (Lipinski definition) is 0. The Bertz CT molecular complexity index is 4100. The van der Waals surface area contributed by atoms with Crippen molar-refractivity contribution >= 4 is 95.5 Å². The molecule has 3 heterocycles. The van der Waals surface area contributed by atoms with E-state index in [0.717, 1.165) is 33.8 Å². The van der Waals surface area contributed by atoms with Crippen LogP contribution in [0.5, 0.6) is 0 Å². The molecule has 13 aromatic rings. The highest BCUT2D eigenvalue weighted by Crippen LogP contribution is 2.42. The molecule has 0 atom stereocenters. The molecular formula is C67H49N3Si. The summed E-state index contributed by atoms with van der Waals surface area (Å²) in [6, 6.07) is 92.1. The number of para-hydroxylation sites is 4. The highest BCUT2D eigenvalue weighted by molar-refractivity contribution is 7.19. The van der Waals surface area contributed by atoms with Gasteiger partial charge in [0.15, 0.2) is 8.07 Å². The van der Waals surface area contributed by atoms with Crippen molar-refractivity contribution in [1.29, 1.82) is 0 Å². The average Bonchev–Trinajstić information content (AvgIpc) is 4.07. The number of hydrogen-bond acceptors (Lipinski definition) is 0. The second-order valence-electron chi connectivity index (χ2n) is 18.4. The number of aromatic nitrogens is 3. The van der Waals surface area contributed by atoms with Crippen LogP contribution in [-0.4, -0.2) is 21.8 Å². The van der Waals surface area contributed by atoms with Crippen LogP contribution in [0.25, 0.3) is 94.9 Å². The second-order valence-corrected chi connectivity index (χ2v) is 22.2. The van der Waals surface area contributed by atoms with Gasteiger partial charge in [0.1, 0.15) is 0 Å². The molecule has 3 aromatic heterocycles. The summed E-state index contributed by atoms with van der Waals surface area (Å²) < 4.78 is 7.22. The zero-order valence-corrected chi connectivity index (χ0v) is 40.5. The molecule has 71 heavy (non-hydrogen) atoms. The maximum atomic E-state index is 4.29. The number of rotatable bonds is 10. The topological polar surface area (TPSA) is 14.8 Å². The van der Waals surface area contributed by atoms with Crippen LogP contribution in [0.15, 0.2) is 261 Å². The third-order valence-corrected chi connectivity index (χ3v) is 19.5. The quantitative estimate of drug-likeness (QED) is 0.0959. The van der Waals surface area contributed by atoms with Crippen LogP contribution in [0.3, 0.4) is 0 Å². The van der Waals surface area contributed by atoms with Gasteiger partial charge in [0, 0.05) is 49.6 Å². The van der Waals surface area contributed by atoms with Crippen molar-refractivity contribution in [2.75, 3.05) is 0 Å². The van der Waals surface area contributed by atoms with Crippen LogP contribution in [0, 0.1) is 0 Å². The molecule has 0 unspecified atom stereocenters. The lowest BCUT2D eigenvalue weighted by molar-refractivity contribution is 1.10. The summed E-state index contributed by atoms with van der Waals surface area (Å²) in [6.45, 7) is 6.37. The molecule has 3 nitrogen and oxygen atoms in total. The van der Waals surface area contributed by atoms with Gasteiger partial charge in [-0.15, -0.1) is 0 Å². The summed E-state index contributed by atoms with van der Waals surface area (Å²) in [6.07, 6.45) is 6.30. The normalized spacial score (nSPS) is 12.0. The molecule has 336 valence electrons. The first-order valence-corrected chi connectivity index (χ1v) is 26.5. The maximum absolute atomic E-state index is 4.29. The fourth-order valence-corrected chi connectivity index (χ4v) is 16.4. The van der Waals surface area contributed by atoms with E-state index in [0.29, 0.717) is 0 Å². The van der Waals surface area contributed by atoms with Crippen molar-refractivity contribution in [3.63, 3.8) is 0 Å². The summed E-state index contributed by atoms with van der Waals surface area (Å²) in [7, 11) is -2.88. The Morgan fingerprint density at radius 1 is 0.352 bits per heavy atom. The predicted molar refractivity (Wildman–Crippen MR) is 306 cm³/mol. The lowest BCUT2D eigenvalue weighted by Gasteiger charge is -2.34. The minimum atomic E-state index is -2.88. The van der Waals surface area contributed by atoms with Gasteiger partial charge in [-0.25, -0.2) is 0 Å². The summed E-state index contributed by atoms with van der Waals surface area (Å²) in [4.78, 5) is 0. The Morgan fingerprint density at radius 3 is 1.25 bits per heavy atom. The number of nitrogens with zero attached hydrogens (tertiary/aromatic N) is 3. The minimum absolute atomic E-state index is 1.13. The molecule has 0 N–H and O–H groups in total. The SMILES string of the molecule is C=Cc1c(/C=C\C)n(-c2ccccc2)c2ccc(-c3ccc([Si](c4ccccc4)(c4ccccc4)c4ccc(-n5c6ccccc6c6c7c8ccccc8n(-c8ccccc8)c7ccc65)cc4)cc3)cc12. The molecular weight excluding hydrogens is 875 g/mol.